The lowest BCUT2D eigenvalue weighted by atomic mass is 10.0. The summed E-state index contributed by atoms with van der Waals surface area (Å²) in [5, 5.41) is 9.84. The van der Waals surface area contributed by atoms with Crippen LogP contribution in [0.25, 0.3) is 0 Å². The Labute approximate surface area is 110 Å². The molecule has 0 aliphatic rings. The van der Waals surface area contributed by atoms with Gasteiger partial charge < -0.3 is 16.4 Å². The number of likely N-dealkylation sites (N-methyl/N-ethyl adjacent to an activating group) is 2. The van der Waals surface area contributed by atoms with Crippen molar-refractivity contribution < 1.29 is 0 Å². The minimum absolute atomic E-state index is 0.0547. The van der Waals surface area contributed by atoms with Crippen molar-refractivity contribution in [2.75, 3.05) is 38.2 Å². The van der Waals surface area contributed by atoms with Crippen LogP contribution in [0.15, 0.2) is 0 Å². The van der Waals surface area contributed by atoms with Crippen LogP contribution < -0.4 is 21.7 Å². The summed E-state index contributed by atoms with van der Waals surface area (Å²) in [5.74, 6) is 1.35. The highest BCUT2D eigenvalue weighted by Crippen LogP contribution is 2.07. The summed E-state index contributed by atoms with van der Waals surface area (Å²) in [7, 11) is 1.93. The third kappa shape index (κ3) is 5.75. The van der Waals surface area contributed by atoms with Crippen molar-refractivity contribution in [1.82, 2.24) is 16.0 Å². The lowest BCUT2D eigenvalue weighted by Crippen LogP contribution is -2.65. The van der Waals surface area contributed by atoms with Crippen molar-refractivity contribution in [1.29, 1.82) is 0 Å². The van der Waals surface area contributed by atoms with E-state index in [1.165, 1.54) is 0 Å². The molecule has 0 saturated heterocycles. The standard InChI is InChI=1S/C10H26N4S2/c1-4-13-10(11,8-16)6-14-9(2,7-15)5-12-3/h12-16H,4-8,11H2,1-3H3/t9-,10-/m1/s1. The van der Waals surface area contributed by atoms with Crippen LogP contribution in [-0.4, -0.2) is 49.4 Å². The number of nitrogens with one attached hydrogen (secondary N) is 3. The van der Waals surface area contributed by atoms with Crippen molar-refractivity contribution in [3.8, 4) is 0 Å². The maximum absolute atomic E-state index is 6.17. The summed E-state index contributed by atoms with van der Waals surface area (Å²) in [6, 6.07) is 0. The first-order valence-electron chi connectivity index (χ1n) is 5.60. The topological polar surface area (TPSA) is 62.1 Å². The first-order chi connectivity index (χ1) is 7.45. The molecule has 0 bridgehead atoms. The van der Waals surface area contributed by atoms with Crippen molar-refractivity contribution >= 4 is 25.3 Å². The number of rotatable bonds is 9. The van der Waals surface area contributed by atoms with Gasteiger partial charge in [-0.15, -0.1) is 0 Å². The average molecular weight is 266 g/mol. The summed E-state index contributed by atoms with van der Waals surface area (Å²) in [5.41, 5.74) is 5.65. The quantitative estimate of drug-likeness (QED) is 0.256. The average Bonchev–Trinajstić information content (AvgIpc) is 2.27. The van der Waals surface area contributed by atoms with Gasteiger partial charge in [-0.1, -0.05) is 6.92 Å². The fourth-order valence-corrected chi connectivity index (χ4v) is 1.91. The Bertz CT molecular complexity index is 174. The van der Waals surface area contributed by atoms with E-state index >= 15 is 0 Å². The molecule has 2 atom stereocenters. The summed E-state index contributed by atoms with van der Waals surface area (Å²) in [4.78, 5) is 0. The molecule has 0 unspecified atom stereocenters. The minimum atomic E-state index is -0.462. The highest BCUT2D eigenvalue weighted by atomic mass is 32.1. The summed E-state index contributed by atoms with van der Waals surface area (Å²) in [6.45, 7) is 6.52. The zero-order valence-electron chi connectivity index (χ0n) is 10.5. The third-order valence-corrected chi connectivity index (χ3v) is 3.82. The van der Waals surface area contributed by atoms with E-state index in [4.69, 9.17) is 5.73 Å². The molecule has 0 fully saturated rings. The molecule has 0 aliphatic heterocycles. The Morgan fingerprint density at radius 2 is 1.75 bits per heavy atom. The highest BCUT2D eigenvalue weighted by molar-refractivity contribution is 7.80. The van der Waals surface area contributed by atoms with Crippen molar-refractivity contribution in [3.05, 3.63) is 0 Å². The molecule has 0 aliphatic carbocycles. The fourth-order valence-electron chi connectivity index (χ4n) is 1.46. The number of hydrogen-bond acceptors (Lipinski definition) is 6. The van der Waals surface area contributed by atoms with E-state index in [9.17, 15) is 0 Å². The van der Waals surface area contributed by atoms with Crippen LogP contribution in [0.5, 0.6) is 0 Å². The fraction of sp³-hybridized carbons (Fsp3) is 1.00. The van der Waals surface area contributed by atoms with Gasteiger partial charge in [0.2, 0.25) is 0 Å². The van der Waals surface area contributed by atoms with Gasteiger partial charge in [-0.3, -0.25) is 5.32 Å². The largest absolute Gasteiger partial charge is 0.318 e. The zero-order valence-corrected chi connectivity index (χ0v) is 12.3. The van der Waals surface area contributed by atoms with E-state index in [0.717, 1.165) is 18.8 Å². The number of hydrogen-bond donors (Lipinski definition) is 6. The molecule has 0 aromatic rings. The predicted molar refractivity (Wildman–Crippen MR) is 78.6 cm³/mol. The van der Waals surface area contributed by atoms with Crippen molar-refractivity contribution in [2.45, 2.75) is 25.0 Å². The SMILES string of the molecule is CCN[C@@](N)(CS)CN[C@@](C)(CS)CNC. The van der Waals surface area contributed by atoms with Gasteiger partial charge >= 0.3 is 0 Å². The van der Waals surface area contributed by atoms with Crippen molar-refractivity contribution in [3.63, 3.8) is 0 Å². The molecule has 0 rings (SSSR count). The van der Waals surface area contributed by atoms with Gasteiger partial charge in [0.15, 0.2) is 0 Å². The lowest BCUT2D eigenvalue weighted by molar-refractivity contribution is 0.297. The van der Waals surface area contributed by atoms with Gasteiger partial charge in [-0.2, -0.15) is 25.3 Å². The van der Waals surface area contributed by atoms with E-state index in [-0.39, 0.29) is 5.54 Å². The van der Waals surface area contributed by atoms with Crippen LogP contribution in [0.4, 0.5) is 0 Å². The molecular weight excluding hydrogens is 240 g/mol. The second kappa shape index (κ2) is 7.79. The Morgan fingerprint density at radius 1 is 1.12 bits per heavy atom. The second-order valence-corrected chi connectivity index (χ2v) is 5.08. The molecule has 0 spiro atoms. The monoisotopic (exact) mass is 266 g/mol. The first kappa shape index (κ1) is 16.5. The summed E-state index contributed by atoms with van der Waals surface area (Å²) in [6.07, 6.45) is 0. The van der Waals surface area contributed by atoms with Crippen LogP contribution in [-0.2, 0) is 0 Å². The van der Waals surface area contributed by atoms with Crippen molar-refractivity contribution in [2.24, 2.45) is 5.73 Å². The molecule has 98 valence electrons. The molecule has 0 aromatic heterocycles. The molecule has 0 amide bonds. The smallest absolute Gasteiger partial charge is 0.0880 e. The first-order valence-corrected chi connectivity index (χ1v) is 6.87. The molecule has 16 heavy (non-hydrogen) atoms. The molecule has 4 nitrogen and oxygen atoms in total. The van der Waals surface area contributed by atoms with Crippen LogP contribution in [0.3, 0.4) is 0 Å². The number of thiol groups is 2. The van der Waals surface area contributed by atoms with E-state index in [0.29, 0.717) is 12.3 Å². The van der Waals surface area contributed by atoms with Gasteiger partial charge in [0.25, 0.3) is 0 Å². The molecule has 0 heterocycles. The van der Waals surface area contributed by atoms with Gasteiger partial charge in [-0.05, 0) is 20.5 Å². The molecule has 0 saturated carbocycles. The Morgan fingerprint density at radius 3 is 2.12 bits per heavy atom. The van der Waals surface area contributed by atoms with Crippen LogP contribution in [0.1, 0.15) is 13.8 Å². The Kier molecular flexibility index (Phi) is 8.05. The molecule has 6 heteroatoms. The van der Waals surface area contributed by atoms with Gasteiger partial charge in [0.05, 0.1) is 5.66 Å². The maximum Gasteiger partial charge on any atom is 0.0880 e. The molecule has 0 aromatic carbocycles. The van der Waals surface area contributed by atoms with E-state index in [1.807, 2.05) is 14.0 Å². The van der Waals surface area contributed by atoms with E-state index < -0.39 is 5.66 Å². The van der Waals surface area contributed by atoms with E-state index in [1.54, 1.807) is 0 Å². The molecule has 0 radical (unpaired) electrons. The zero-order chi connectivity index (χ0) is 12.7. The summed E-state index contributed by atoms with van der Waals surface area (Å²) >= 11 is 8.65. The minimum Gasteiger partial charge on any atom is -0.318 e. The predicted octanol–water partition coefficient (Wildman–Crippen LogP) is -0.322. The lowest BCUT2D eigenvalue weighted by Gasteiger charge is -2.36. The normalized spacial score (nSPS) is 19.1. The van der Waals surface area contributed by atoms with Crippen LogP contribution in [0, 0.1) is 0 Å². The Balaban J connectivity index is 4.26. The molecular formula is C10H26N4S2. The molecule has 5 N–H and O–H groups in total. The second-order valence-electron chi connectivity index (χ2n) is 4.45. The van der Waals surface area contributed by atoms with E-state index in [2.05, 4.69) is 48.1 Å². The summed E-state index contributed by atoms with van der Waals surface area (Å²) < 4.78 is 0. The highest BCUT2D eigenvalue weighted by Gasteiger charge is 2.27. The maximum atomic E-state index is 6.17. The number of nitrogens with two attached hydrogens (primary N) is 1. The third-order valence-electron chi connectivity index (χ3n) is 2.56. The van der Waals surface area contributed by atoms with Gasteiger partial charge in [0.1, 0.15) is 0 Å². The van der Waals surface area contributed by atoms with Crippen LogP contribution >= 0.6 is 25.3 Å². The van der Waals surface area contributed by atoms with Gasteiger partial charge in [-0.25, -0.2) is 0 Å². The van der Waals surface area contributed by atoms with Crippen LogP contribution in [0.2, 0.25) is 0 Å². The van der Waals surface area contributed by atoms with Gasteiger partial charge in [0, 0.05) is 30.1 Å². The Hall–Kier alpha value is 0.540.